The molecule has 1 aliphatic heterocycles. The third-order valence-electron chi connectivity index (χ3n) is 3.06. The number of hydrogen-bond donors (Lipinski definition) is 1. The highest BCUT2D eigenvalue weighted by Gasteiger charge is 2.10. The van der Waals surface area contributed by atoms with Gasteiger partial charge in [-0.2, -0.15) is 0 Å². The molecule has 1 saturated heterocycles. The fourth-order valence-corrected chi connectivity index (χ4v) is 2.17. The number of nitrogens with one attached hydrogen (secondary N) is 1. The molecule has 1 N–H and O–H groups in total. The number of nitrogens with zero attached hydrogens (tertiary/aromatic N) is 3. The quantitative estimate of drug-likeness (QED) is 0.905. The van der Waals surface area contributed by atoms with Crippen molar-refractivity contribution in [2.24, 2.45) is 0 Å². The lowest BCUT2D eigenvalue weighted by molar-refractivity contribution is 0.246. The van der Waals surface area contributed by atoms with Crippen LogP contribution in [0.2, 0.25) is 0 Å². The van der Waals surface area contributed by atoms with Gasteiger partial charge in [0.15, 0.2) is 0 Å². The Balaban J connectivity index is 1.80. The maximum Gasteiger partial charge on any atom is 0.128 e. The maximum atomic E-state index is 4.39. The van der Waals surface area contributed by atoms with Gasteiger partial charge in [-0.3, -0.25) is 4.90 Å². The van der Waals surface area contributed by atoms with E-state index in [2.05, 4.69) is 43.1 Å². The molecule has 2 rings (SSSR count). The third-order valence-corrected chi connectivity index (χ3v) is 3.53. The first-order valence-corrected chi connectivity index (χ1v) is 6.81. The second kappa shape index (κ2) is 6.33. The van der Waals surface area contributed by atoms with Gasteiger partial charge in [-0.05, 0) is 28.1 Å². The fourth-order valence-electron chi connectivity index (χ4n) is 1.93. The van der Waals surface area contributed by atoms with Gasteiger partial charge >= 0.3 is 0 Å². The number of pyridine rings is 1. The summed E-state index contributed by atoms with van der Waals surface area (Å²) in [7, 11) is 2.10. The first-order chi connectivity index (χ1) is 8.25. The van der Waals surface area contributed by atoms with Crippen LogP contribution >= 0.6 is 15.9 Å². The van der Waals surface area contributed by atoms with E-state index in [1.165, 1.54) is 0 Å². The van der Waals surface area contributed by atoms with E-state index < -0.39 is 0 Å². The Bertz CT molecular complexity index is 335. The first-order valence-electron chi connectivity index (χ1n) is 6.01. The van der Waals surface area contributed by atoms with Gasteiger partial charge in [0.2, 0.25) is 0 Å². The van der Waals surface area contributed by atoms with Crippen molar-refractivity contribution >= 4 is 21.7 Å². The Morgan fingerprint density at radius 3 is 2.82 bits per heavy atom. The van der Waals surface area contributed by atoms with Crippen LogP contribution in [-0.2, 0) is 0 Å². The number of likely N-dealkylation sites (N-methyl/N-ethyl adjacent to an activating group) is 1. The van der Waals surface area contributed by atoms with E-state index in [9.17, 15) is 0 Å². The number of anilines is 1. The van der Waals surface area contributed by atoms with Gasteiger partial charge < -0.3 is 10.2 Å². The van der Waals surface area contributed by atoms with E-state index in [4.69, 9.17) is 0 Å². The molecule has 1 aliphatic rings. The molecule has 0 spiro atoms. The molecule has 0 unspecified atom stereocenters. The predicted octanol–water partition coefficient (Wildman–Crippen LogP) is 1.19. The molecule has 4 nitrogen and oxygen atoms in total. The van der Waals surface area contributed by atoms with Crippen molar-refractivity contribution in [1.82, 2.24) is 15.2 Å². The molecule has 94 valence electrons. The molecule has 5 heteroatoms. The summed E-state index contributed by atoms with van der Waals surface area (Å²) in [5.41, 5.74) is 0. The summed E-state index contributed by atoms with van der Waals surface area (Å²) in [5, 5.41) is 3.37. The van der Waals surface area contributed by atoms with Crippen LogP contribution in [0.15, 0.2) is 22.8 Å². The van der Waals surface area contributed by atoms with Crippen molar-refractivity contribution in [2.75, 3.05) is 51.2 Å². The molecule has 0 atom stereocenters. The Hall–Kier alpha value is -0.650. The number of rotatable bonds is 4. The molecule has 1 aromatic rings. The van der Waals surface area contributed by atoms with Crippen LogP contribution in [0, 0.1) is 0 Å². The van der Waals surface area contributed by atoms with E-state index in [-0.39, 0.29) is 0 Å². The average Bonchev–Trinajstić information content (AvgIpc) is 2.38. The number of aromatic nitrogens is 1. The van der Waals surface area contributed by atoms with Crippen LogP contribution < -0.4 is 10.2 Å². The summed E-state index contributed by atoms with van der Waals surface area (Å²) in [6.45, 7) is 6.66. The van der Waals surface area contributed by atoms with E-state index in [0.717, 1.165) is 49.6 Å². The number of piperazine rings is 1. The summed E-state index contributed by atoms with van der Waals surface area (Å²) in [5.74, 6) is 1.03. The van der Waals surface area contributed by atoms with Crippen molar-refractivity contribution in [1.29, 1.82) is 0 Å². The minimum Gasteiger partial charge on any atom is -0.358 e. The zero-order valence-corrected chi connectivity index (χ0v) is 11.8. The first kappa shape index (κ1) is 12.8. The second-order valence-corrected chi connectivity index (χ2v) is 5.26. The smallest absolute Gasteiger partial charge is 0.128 e. The Kier molecular flexibility index (Phi) is 4.76. The molecule has 1 aromatic heterocycles. The van der Waals surface area contributed by atoms with E-state index >= 15 is 0 Å². The molecule has 2 heterocycles. The van der Waals surface area contributed by atoms with Crippen molar-refractivity contribution in [3.05, 3.63) is 22.8 Å². The highest BCUT2D eigenvalue weighted by atomic mass is 79.9. The van der Waals surface area contributed by atoms with Crippen molar-refractivity contribution in [2.45, 2.75) is 0 Å². The highest BCUT2D eigenvalue weighted by Crippen LogP contribution is 2.13. The van der Waals surface area contributed by atoms with Gasteiger partial charge in [-0.25, -0.2) is 4.98 Å². The number of hydrogen-bond acceptors (Lipinski definition) is 4. The predicted molar refractivity (Wildman–Crippen MR) is 74.5 cm³/mol. The molecule has 0 amide bonds. The molecule has 0 aliphatic carbocycles. The molecule has 0 radical (unpaired) electrons. The lowest BCUT2D eigenvalue weighted by atomic mass is 10.3. The van der Waals surface area contributed by atoms with Gasteiger partial charge in [0.05, 0.1) is 0 Å². The monoisotopic (exact) mass is 298 g/mol. The zero-order chi connectivity index (χ0) is 12.1. The largest absolute Gasteiger partial charge is 0.358 e. The van der Waals surface area contributed by atoms with Crippen LogP contribution in [0.1, 0.15) is 0 Å². The maximum absolute atomic E-state index is 4.39. The van der Waals surface area contributed by atoms with Gasteiger partial charge in [-0.15, -0.1) is 0 Å². The SMILES string of the molecule is CN(CCN1CCNCC1)c1ccc(Br)cn1. The topological polar surface area (TPSA) is 31.4 Å². The van der Waals surface area contributed by atoms with Crippen LogP contribution in [0.3, 0.4) is 0 Å². The zero-order valence-electron chi connectivity index (χ0n) is 10.2. The summed E-state index contributed by atoms with van der Waals surface area (Å²) in [6, 6.07) is 4.07. The lowest BCUT2D eigenvalue weighted by Gasteiger charge is -2.29. The molecule has 0 bridgehead atoms. The van der Waals surface area contributed by atoms with Gasteiger partial charge in [0.25, 0.3) is 0 Å². The summed E-state index contributed by atoms with van der Waals surface area (Å²) in [6.07, 6.45) is 1.84. The molecular formula is C12H19BrN4. The Labute approximate surface area is 111 Å². The normalized spacial score (nSPS) is 17.1. The van der Waals surface area contributed by atoms with E-state index in [1.54, 1.807) is 0 Å². The van der Waals surface area contributed by atoms with Crippen LogP contribution in [0.5, 0.6) is 0 Å². The minimum atomic E-state index is 1.02. The molecule has 17 heavy (non-hydrogen) atoms. The summed E-state index contributed by atoms with van der Waals surface area (Å²) < 4.78 is 1.02. The second-order valence-electron chi connectivity index (χ2n) is 4.35. The minimum absolute atomic E-state index is 1.02. The van der Waals surface area contributed by atoms with Crippen LogP contribution in [0.4, 0.5) is 5.82 Å². The Morgan fingerprint density at radius 1 is 1.41 bits per heavy atom. The molecule has 0 aromatic carbocycles. The molecule has 1 fully saturated rings. The average molecular weight is 299 g/mol. The standard InChI is InChI=1S/C12H19BrN4/c1-16(12-3-2-11(13)10-15-12)8-9-17-6-4-14-5-7-17/h2-3,10,14H,4-9H2,1H3. The van der Waals surface area contributed by atoms with Crippen molar-refractivity contribution < 1.29 is 0 Å². The summed E-state index contributed by atoms with van der Waals surface area (Å²) >= 11 is 3.40. The number of halogens is 1. The Morgan fingerprint density at radius 2 is 2.18 bits per heavy atom. The molecule has 0 saturated carbocycles. The highest BCUT2D eigenvalue weighted by molar-refractivity contribution is 9.10. The van der Waals surface area contributed by atoms with Gasteiger partial charge in [0, 0.05) is 57.0 Å². The van der Waals surface area contributed by atoms with Gasteiger partial charge in [0.1, 0.15) is 5.82 Å². The van der Waals surface area contributed by atoms with E-state index in [1.807, 2.05) is 18.3 Å². The van der Waals surface area contributed by atoms with Gasteiger partial charge in [-0.1, -0.05) is 0 Å². The van der Waals surface area contributed by atoms with Crippen molar-refractivity contribution in [3.63, 3.8) is 0 Å². The van der Waals surface area contributed by atoms with Crippen LogP contribution in [-0.4, -0.2) is 56.2 Å². The lowest BCUT2D eigenvalue weighted by Crippen LogP contribution is -2.46. The van der Waals surface area contributed by atoms with E-state index in [0.29, 0.717) is 0 Å². The molecular weight excluding hydrogens is 280 g/mol. The van der Waals surface area contributed by atoms with Crippen LogP contribution in [0.25, 0.3) is 0 Å². The fraction of sp³-hybridized carbons (Fsp3) is 0.583. The van der Waals surface area contributed by atoms with Crippen molar-refractivity contribution in [3.8, 4) is 0 Å². The summed E-state index contributed by atoms with van der Waals surface area (Å²) in [4.78, 5) is 9.08. The third kappa shape index (κ3) is 3.94.